The summed E-state index contributed by atoms with van der Waals surface area (Å²) in [5.74, 6) is -1.17. The normalized spacial score (nSPS) is 10.8. The Balaban J connectivity index is 1.85. The summed E-state index contributed by atoms with van der Waals surface area (Å²) in [7, 11) is 1.52. The minimum Gasteiger partial charge on any atom is -0.497 e. The van der Waals surface area contributed by atoms with Gasteiger partial charge in [-0.2, -0.15) is 9.78 Å². The van der Waals surface area contributed by atoms with E-state index in [2.05, 4.69) is 10.4 Å². The Kier molecular flexibility index (Phi) is 6.18. The van der Waals surface area contributed by atoms with Crippen LogP contribution in [0.2, 0.25) is 0 Å². The van der Waals surface area contributed by atoms with Crippen LogP contribution in [0.4, 0.5) is 9.39 Å². The summed E-state index contributed by atoms with van der Waals surface area (Å²) in [6.45, 7) is 1.75. The van der Waals surface area contributed by atoms with Crippen LogP contribution >= 0.6 is 11.3 Å². The van der Waals surface area contributed by atoms with E-state index in [4.69, 9.17) is 9.47 Å². The summed E-state index contributed by atoms with van der Waals surface area (Å²) in [5, 5.41) is 8.95. The van der Waals surface area contributed by atoms with E-state index in [0.717, 1.165) is 22.1 Å². The predicted octanol–water partition coefficient (Wildman–Crippen LogP) is 4.02. The lowest BCUT2D eigenvalue weighted by Crippen LogP contribution is -2.25. The summed E-state index contributed by atoms with van der Waals surface area (Å²) < 4.78 is 24.9. The van der Waals surface area contributed by atoms with Crippen molar-refractivity contribution in [3.05, 3.63) is 81.3 Å². The van der Waals surface area contributed by atoms with Crippen LogP contribution in [0.25, 0.3) is 16.5 Å². The van der Waals surface area contributed by atoms with E-state index in [0.29, 0.717) is 11.3 Å². The van der Waals surface area contributed by atoms with Gasteiger partial charge in [0.1, 0.15) is 16.6 Å². The molecule has 2 heterocycles. The molecule has 0 unspecified atom stereocenters. The fourth-order valence-electron chi connectivity index (χ4n) is 3.19. The number of benzene rings is 2. The highest BCUT2D eigenvalue weighted by molar-refractivity contribution is 7.16. The molecule has 0 spiro atoms. The molecule has 0 aliphatic carbocycles. The summed E-state index contributed by atoms with van der Waals surface area (Å²) in [6, 6.07) is 11.7. The van der Waals surface area contributed by atoms with Crippen molar-refractivity contribution in [1.29, 1.82) is 0 Å². The second-order valence-corrected chi connectivity index (χ2v) is 7.68. The molecule has 8 nitrogen and oxygen atoms in total. The average molecular weight is 467 g/mol. The molecule has 33 heavy (non-hydrogen) atoms. The fourth-order valence-corrected chi connectivity index (χ4v) is 4.12. The first-order valence-electron chi connectivity index (χ1n) is 9.86. The maximum Gasteiger partial charge on any atom is 0.359 e. The summed E-state index contributed by atoms with van der Waals surface area (Å²) in [5.41, 5.74) is -0.250. The van der Waals surface area contributed by atoms with Gasteiger partial charge in [0.25, 0.3) is 11.5 Å². The zero-order valence-electron chi connectivity index (χ0n) is 17.6. The topological polar surface area (TPSA) is 99.5 Å². The highest BCUT2D eigenvalue weighted by Crippen LogP contribution is 2.31. The highest BCUT2D eigenvalue weighted by Gasteiger charge is 2.23. The van der Waals surface area contributed by atoms with Crippen LogP contribution in [0, 0.1) is 5.82 Å². The number of hydrogen-bond donors (Lipinski definition) is 1. The molecule has 0 radical (unpaired) electrons. The van der Waals surface area contributed by atoms with Crippen LogP contribution in [0.3, 0.4) is 0 Å². The molecule has 10 heteroatoms. The van der Waals surface area contributed by atoms with Gasteiger partial charge in [0, 0.05) is 16.3 Å². The standard InChI is InChI=1S/C23H18FN3O5S/c1-3-32-23(30)19-17-12-33-21(25-20(28)13-7-9-16(31-2)10-8-13)18(17)22(29)27(26-19)15-6-4-5-14(24)11-15/h4-12H,3H2,1-2H3,(H,25,28). The largest absolute Gasteiger partial charge is 0.497 e. The van der Waals surface area contributed by atoms with Gasteiger partial charge in [0.2, 0.25) is 0 Å². The van der Waals surface area contributed by atoms with Crippen molar-refractivity contribution < 1.29 is 23.5 Å². The molecule has 0 saturated carbocycles. The minimum atomic E-state index is -0.738. The number of ether oxygens (including phenoxy) is 2. The van der Waals surface area contributed by atoms with Crippen molar-refractivity contribution in [3.63, 3.8) is 0 Å². The smallest absolute Gasteiger partial charge is 0.359 e. The van der Waals surface area contributed by atoms with E-state index in [1.165, 1.54) is 25.3 Å². The van der Waals surface area contributed by atoms with Gasteiger partial charge in [-0.1, -0.05) is 6.07 Å². The Morgan fingerprint density at radius 3 is 2.61 bits per heavy atom. The maximum absolute atomic E-state index is 13.8. The molecule has 1 N–H and O–H groups in total. The number of anilines is 1. The molecule has 0 aliphatic heterocycles. The lowest BCUT2D eigenvalue weighted by Gasteiger charge is -2.10. The van der Waals surface area contributed by atoms with Gasteiger partial charge in [0.05, 0.1) is 24.8 Å². The molecule has 168 valence electrons. The molecule has 4 rings (SSSR count). The number of nitrogens with one attached hydrogen (secondary N) is 1. The summed E-state index contributed by atoms with van der Waals surface area (Å²) >= 11 is 1.07. The highest BCUT2D eigenvalue weighted by atomic mass is 32.1. The molecule has 0 aliphatic rings. The monoisotopic (exact) mass is 467 g/mol. The third-order valence-electron chi connectivity index (χ3n) is 4.75. The molecule has 0 saturated heterocycles. The van der Waals surface area contributed by atoms with Crippen LogP contribution in [0.5, 0.6) is 5.75 Å². The Morgan fingerprint density at radius 1 is 1.18 bits per heavy atom. The second-order valence-electron chi connectivity index (χ2n) is 6.80. The molecule has 0 atom stereocenters. The first-order valence-corrected chi connectivity index (χ1v) is 10.7. The Bertz CT molecular complexity index is 1410. The zero-order valence-corrected chi connectivity index (χ0v) is 18.4. The second kappa shape index (κ2) is 9.21. The molecule has 0 fully saturated rings. The van der Waals surface area contributed by atoms with Gasteiger partial charge >= 0.3 is 5.97 Å². The summed E-state index contributed by atoms with van der Waals surface area (Å²) in [4.78, 5) is 38.7. The zero-order chi connectivity index (χ0) is 23.5. The van der Waals surface area contributed by atoms with Crippen molar-refractivity contribution in [1.82, 2.24) is 9.78 Å². The van der Waals surface area contributed by atoms with E-state index in [1.54, 1.807) is 36.6 Å². The number of carbonyl (C=O) groups excluding carboxylic acids is 2. The summed E-state index contributed by atoms with van der Waals surface area (Å²) in [6.07, 6.45) is 0. The van der Waals surface area contributed by atoms with Crippen molar-refractivity contribution in [2.24, 2.45) is 0 Å². The van der Waals surface area contributed by atoms with Gasteiger partial charge in [-0.15, -0.1) is 11.3 Å². The first-order chi connectivity index (χ1) is 15.9. The van der Waals surface area contributed by atoms with Crippen LogP contribution in [-0.2, 0) is 4.74 Å². The van der Waals surface area contributed by atoms with E-state index in [9.17, 15) is 18.8 Å². The Hall–Kier alpha value is -4.05. The van der Waals surface area contributed by atoms with E-state index >= 15 is 0 Å². The number of esters is 1. The van der Waals surface area contributed by atoms with E-state index in [-0.39, 0.29) is 33.8 Å². The number of nitrogens with zero attached hydrogens (tertiary/aromatic N) is 2. The molecule has 0 bridgehead atoms. The number of carbonyl (C=O) groups is 2. The van der Waals surface area contributed by atoms with Crippen LogP contribution < -0.4 is 15.6 Å². The molecule has 2 aromatic heterocycles. The van der Waals surface area contributed by atoms with Gasteiger partial charge in [-0.3, -0.25) is 9.59 Å². The number of halogens is 1. The number of amides is 1. The number of methoxy groups -OCH3 is 1. The number of rotatable bonds is 6. The molecule has 2 aromatic carbocycles. The number of hydrogen-bond acceptors (Lipinski definition) is 7. The fraction of sp³-hybridized carbons (Fsp3) is 0.130. The lowest BCUT2D eigenvalue weighted by atomic mass is 10.2. The van der Waals surface area contributed by atoms with Gasteiger partial charge < -0.3 is 14.8 Å². The third-order valence-corrected chi connectivity index (χ3v) is 5.65. The van der Waals surface area contributed by atoms with Crippen LogP contribution in [0.1, 0.15) is 27.8 Å². The van der Waals surface area contributed by atoms with Crippen LogP contribution in [0.15, 0.2) is 58.7 Å². The number of thiophene rings is 1. The third kappa shape index (κ3) is 4.33. The predicted molar refractivity (Wildman–Crippen MR) is 122 cm³/mol. The molecular formula is C23H18FN3O5S. The van der Waals surface area contributed by atoms with Crippen molar-refractivity contribution >= 4 is 39.0 Å². The van der Waals surface area contributed by atoms with Gasteiger partial charge in [0.15, 0.2) is 5.69 Å². The first kappa shape index (κ1) is 22.2. The van der Waals surface area contributed by atoms with Crippen LogP contribution in [-0.4, -0.2) is 35.4 Å². The lowest BCUT2D eigenvalue weighted by molar-refractivity contribution is 0.0520. The Labute approximate surface area is 191 Å². The SMILES string of the molecule is CCOC(=O)c1nn(-c2cccc(F)c2)c(=O)c2c(NC(=O)c3ccc(OC)cc3)scc12. The Morgan fingerprint density at radius 2 is 1.94 bits per heavy atom. The van der Waals surface area contributed by atoms with Crippen molar-refractivity contribution in [3.8, 4) is 11.4 Å². The number of aromatic nitrogens is 2. The maximum atomic E-state index is 13.8. The molecule has 1 amide bonds. The van der Waals surface area contributed by atoms with Crippen molar-refractivity contribution in [2.75, 3.05) is 19.0 Å². The van der Waals surface area contributed by atoms with Gasteiger partial charge in [-0.05, 0) is 49.4 Å². The van der Waals surface area contributed by atoms with Crippen molar-refractivity contribution in [2.45, 2.75) is 6.92 Å². The van der Waals surface area contributed by atoms with Gasteiger partial charge in [-0.25, -0.2) is 9.18 Å². The molecule has 4 aromatic rings. The van der Waals surface area contributed by atoms with E-state index in [1.807, 2.05) is 0 Å². The quantitative estimate of drug-likeness (QED) is 0.430. The average Bonchev–Trinajstić information content (AvgIpc) is 3.23. The minimum absolute atomic E-state index is 0.0733. The van der Waals surface area contributed by atoms with E-state index < -0.39 is 23.3 Å². The number of fused-ring (bicyclic) bond motifs is 1. The molecular weight excluding hydrogens is 449 g/mol.